The fourth-order valence-corrected chi connectivity index (χ4v) is 7.65. The minimum atomic E-state index is -0.464. The molecule has 14 nitrogen and oxygen atoms in total. The average molecular weight is 755 g/mol. The Morgan fingerprint density at radius 2 is 1.65 bits per heavy atom. The third-order valence-electron chi connectivity index (χ3n) is 10.3. The summed E-state index contributed by atoms with van der Waals surface area (Å²) in [4.78, 5) is 36.9. The molecular formula is C41H50N6O8. The van der Waals surface area contributed by atoms with Gasteiger partial charge in [0.2, 0.25) is 12.7 Å². The second-order valence-electron chi connectivity index (χ2n) is 13.8. The van der Waals surface area contributed by atoms with E-state index < -0.39 is 11.9 Å². The van der Waals surface area contributed by atoms with Gasteiger partial charge in [0.25, 0.3) is 5.91 Å². The van der Waals surface area contributed by atoms with Crippen molar-refractivity contribution >= 4 is 28.9 Å². The number of nitrogens with two attached hydrogens (primary N) is 1. The number of nitrogens with one attached hydrogen (secondary N) is 2. The van der Waals surface area contributed by atoms with Crippen LogP contribution in [0.4, 0.5) is 0 Å². The van der Waals surface area contributed by atoms with Crippen LogP contribution in [0.3, 0.4) is 0 Å². The lowest BCUT2D eigenvalue weighted by Crippen LogP contribution is -2.50. The van der Waals surface area contributed by atoms with E-state index in [0.717, 1.165) is 46.2 Å². The van der Waals surface area contributed by atoms with E-state index in [4.69, 9.17) is 39.6 Å². The summed E-state index contributed by atoms with van der Waals surface area (Å²) >= 11 is 0. The number of para-hydroxylation sites is 1. The molecule has 0 radical (unpaired) electrons. The summed E-state index contributed by atoms with van der Waals surface area (Å²) in [6, 6.07) is 21.4. The number of ether oxygens (including phenoxy) is 6. The summed E-state index contributed by atoms with van der Waals surface area (Å²) in [5.41, 5.74) is 10.6. The van der Waals surface area contributed by atoms with Crippen molar-refractivity contribution in [3.05, 3.63) is 89.1 Å². The lowest BCUT2D eigenvalue weighted by molar-refractivity contribution is -0.140. The maximum atomic E-state index is 14.4. The Morgan fingerprint density at radius 1 is 0.909 bits per heavy atom. The van der Waals surface area contributed by atoms with E-state index in [1.165, 1.54) is 5.56 Å². The fourth-order valence-electron chi connectivity index (χ4n) is 7.65. The van der Waals surface area contributed by atoms with Crippen LogP contribution in [0.5, 0.6) is 17.2 Å². The predicted octanol–water partition coefficient (Wildman–Crippen LogP) is 3.51. The molecular weight excluding hydrogens is 704 g/mol. The molecule has 0 unspecified atom stereocenters. The third kappa shape index (κ3) is 9.28. The zero-order valence-corrected chi connectivity index (χ0v) is 31.1. The van der Waals surface area contributed by atoms with Crippen molar-refractivity contribution < 1.29 is 38.0 Å². The van der Waals surface area contributed by atoms with E-state index in [2.05, 4.69) is 22.0 Å². The van der Waals surface area contributed by atoms with Gasteiger partial charge in [-0.3, -0.25) is 14.5 Å². The minimum absolute atomic E-state index is 0.115. The SMILES string of the molecule is N=CC(=O)N(CC(=O)N1CCc2c([nH]c3ccccc23)[C@H]1c1ccc2c(c1)OCO2)[C@@H]1CCN(Cc2ccc(OCCOCCOCCOCCN)cc2)C1. The number of nitrogens with zero attached hydrogens (tertiary/aromatic N) is 3. The van der Waals surface area contributed by atoms with Crippen molar-refractivity contribution in [3.63, 3.8) is 0 Å². The molecule has 0 aliphatic carbocycles. The molecule has 292 valence electrons. The number of amides is 2. The van der Waals surface area contributed by atoms with Crippen LogP contribution in [-0.4, -0.2) is 130 Å². The molecule has 4 heterocycles. The Labute approximate surface area is 320 Å². The molecule has 2 atom stereocenters. The third-order valence-corrected chi connectivity index (χ3v) is 10.3. The Hall–Kier alpha value is -4.99. The molecule has 3 aliphatic heterocycles. The molecule has 3 aliphatic rings. The second kappa shape index (κ2) is 18.6. The monoisotopic (exact) mass is 754 g/mol. The quantitative estimate of drug-likeness (QED) is 0.0954. The lowest BCUT2D eigenvalue weighted by atomic mass is 9.92. The number of carbonyl (C=O) groups excluding carboxylic acids is 2. The largest absolute Gasteiger partial charge is 0.491 e. The van der Waals surface area contributed by atoms with Crippen molar-refractivity contribution in [2.24, 2.45) is 5.73 Å². The number of aromatic nitrogens is 1. The van der Waals surface area contributed by atoms with Gasteiger partial charge in [0.1, 0.15) is 18.9 Å². The summed E-state index contributed by atoms with van der Waals surface area (Å²) in [7, 11) is 0. The number of H-pyrrole nitrogens is 1. The highest BCUT2D eigenvalue weighted by Gasteiger charge is 2.38. The molecule has 0 saturated carbocycles. The molecule has 7 rings (SSSR count). The van der Waals surface area contributed by atoms with Crippen LogP contribution in [-0.2, 0) is 36.8 Å². The van der Waals surface area contributed by atoms with Crippen LogP contribution in [0.25, 0.3) is 10.9 Å². The minimum Gasteiger partial charge on any atom is -0.491 e. The molecule has 3 aromatic carbocycles. The second-order valence-corrected chi connectivity index (χ2v) is 13.8. The van der Waals surface area contributed by atoms with Gasteiger partial charge in [-0.25, -0.2) is 0 Å². The Kier molecular flexibility index (Phi) is 12.9. The first-order chi connectivity index (χ1) is 27.0. The van der Waals surface area contributed by atoms with E-state index >= 15 is 0 Å². The zero-order chi connectivity index (χ0) is 38.0. The Bertz CT molecular complexity index is 1920. The van der Waals surface area contributed by atoms with E-state index in [1.807, 2.05) is 59.5 Å². The van der Waals surface area contributed by atoms with Gasteiger partial charge in [0.05, 0.1) is 51.9 Å². The molecule has 4 N–H and O–H groups in total. The van der Waals surface area contributed by atoms with Gasteiger partial charge < -0.3 is 54.3 Å². The van der Waals surface area contributed by atoms with Gasteiger partial charge in [-0.15, -0.1) is 0 Å². The highest BCUT2D eigenvalue weighted by atomic mass is 16.7. The average Bonchev–Trinajstić information content (AvgIpc) is 3.97. The first-order valence-corrected chi connectivity index (χ1v) is 19.0. The molecule has 2 amide bonds. The molecule has 1 fully saturated rings. The molecule has 4 aromatic rings. The van der Waals surface area contributed by atoms with Gasteiger partial charge in [-0.2, -0.15) is 0 Å². The summed E-state index contributed by atoms with van der Waals surface area (Å²) < 4.78 is 33.4. The molecule has 1 aromatic heterocycles. The summed E-state index contributed by atoms with van der Waals surface area (Å²) in [5, 5.41) is 9.00. The van der Waals surface area contributed by atoms with Crippen LogP contribution in [0.2, 0.25) is 0 Å². The topological polar surface area (TPSA) is 165 Å². The Morgan fingerprint density at radius 3 is 2.44 bits per heavy atom. The first-order valence-electron chi connectivity index (χ1n) is 19.0. The van der Waals surface area contributed by atoms with Gasteiger partial charge in [0.15, 0.2) is 11.5 Å². The molecule has 0 spiro atoms. The number of likely N-dealkylation sites (tertiary alicyclic amines) is 1. The van der Waals surface area contributed by atoms with E-state index in [1.54, 1.807) is 4.90 Å². The number of benzene rings is 3. The number of carbonyl (C=O) groups is 2. The molecule has 55 heavy (non-hydrogen) atoms. The first kappa shape index (κ1) is 38.3. The highest BCUT2D eigenvalue weighted by Crippen LogP contribution is 2.42. The van der Waals surface area contributed by atoms with E-state index in [9.17, 15) is 9.59 Å². The normalized spacial score (nSPS) is 17.7. The fraction of sp³-hybridized carbons (Fsp3) is 0.439. The van der Waals surface area contributed by atoms with Crippen molar-refractivity contribution in [2.75, 3.05) is 85.8 Å². The van der Waals surface area contributed by atoms with Crippen LogP contribution < -0.4 is 19.9 Å². The molecule has 1 saturated heterocycles. The van der Waals surface area contributed by atoms with Crippen molar-refractivity contribution in [2.45, 2.75) is 31.5 Å². The van der Waals surface area contributed by atoms with Gasteiger partial charge in [-0.1, -0.05) is 36.4 Å². The van der Waals surface area contributed by atoms with E-state index in [0.29, 0.717) is 96.8 Å². The predicted molar refractivity (Wildman–Crippen MR) is 206 cm³/mol. The summed E-state index contributed by atoms with van der Waals surface area (Å²) in [6.45, 7) is 6.54. The van der Waals surface area contributed by atoms with Gasteiger partial charge in [0, 0.05) is 55.4 Å². The number of aromatic amines is 1. The summed E-state index contributed by atoms with van der Waals surface area (Å²) in [5.74, 6) is 1.45. The number of rotatable bonds is 19. The highest BCUT2D eigenvalue weighted by molar-refractivity contribution is 6.25. The standard InChI is InChI=1S/C41H50N6O8/c42-13-16-50-17-18-51-19-20-52-21-22-53-32-8-5-29(6-9-32)25-45-14-11-31(26-45)47(38(48)24-43)27-39(49)46-15-12-34-33-3-1-2-4-35(33)44-40(34)41(46)30-7-10-36-37(23-30)55-28-54-36/h1-10,23-24,31,41,43-44H,11-22,25-28,42H2/t31-,41-/m1/s1. The van der Waals surface area contributed by atoms with Crippen LogP contribution >= 0.6 is 0 Å². The van der Waals surface area contributed by atoms with Crippen molar-refractivity contribution in [3.8, 4) is 17.2 Å². The van der Waals surface area contributed by atoms with Crippen LogP contribution in [0.15, 0.2) is 66.7 Å². The molecule has 14 heteroatoms. The zero-order valence-electron chi connectivity index (χ0n) is 31.1. The number of hydrogen-bond acceptors (Lipinski definition) is 11. The van der Waals surface area contributed by atoms with Crippen LogP contribution in [0, 0.1) is 5.41 Å². The number of fused-ring (bicyclic) bond motifs is 4. The van der Waals surface area contributed by atoms with Crippen molar-refractivity contribution in [1.29, 1.82) is 5.41 Å². The summed E-state index contributed by atoms with van der Waals surface area (Å²) in [6.07, 6.45) is 2.21. The smallest absolute Gasteiger partial charge is 0.265 e. The van der Waals surface area contributed by atoms with Gasteiger partial charge >= 0.3 is 0 Å². The van der Waals surface area contributed by atoms with Crippen molar-refractivity contribution in [1.82, 2.24) is 19.7 Å². The maximum absolute atomic E-state index is 14.4. The maximum Gasteiger partial charge on any atom is 0.265 e. The van der Waals surface area contributed by atoms with Crippen LogP contribution in [0.1, 0.15) is 34.8 Å². The lowest BCUT2D eigenvalue weighted by Gasteiger charge is -2.38. The van der Waals surface area contributed by atoms with E-state index in [-0.39, 0.29) is 25.3 Å². The molecule has 0 bridgehead atoms. The van der Waals surface area contributed by atoms with Gasteiger partial charge in [-0.05, 0) is 59.9 Å². The Balaban J connectivity index is 0.938. The number of hydrogen-bond donors (Lipinski definition) is 3.